The minimum absolute atomic E-state index is 0.0959. The van der Waals surface area contributed by atoms with Crippen molar-refractivity contribution in [3.8, 4) is 5.69 Å². The lowest BCUT2D eigenvalue weighted by atomic mass is 10.1. The maximum Gasteiger partial charge on any atom is 0.416 e. The van der Waals surface area contributed by atoms with Crippen LogP contribution in [0.2, 0.25) is 0 Å². The summed E-state index contributed by atoms with van der Waals surface area (Å²) in [4.78, 5) is 46.0. The quantitative estimate of drug-likeness (QED) is 0.154. The number of imidazole rings is 1. The summed E-state index contributed by atoms with van der Waals surface area (Å²) in [6.07, 6.45) is 1.30. The van der Waals surface area contributed by atoms with Gasteiger partial charge in [0, 0.05) is 42.1 Å². The molecule has 4 aromatic rings. The van der Waals surface area contributed by atoms with Crippen LogP contribution in [0.4, 0.5) is 30.4 Å². The van der Waals surface area contributed by atoms with Crippen LogP contribution >= 0.6 is 0 Å². The van der Waals surface area contributed by atoms with E-state index in [4.69, 9.17) is 9.84 Å². The molecule has 1 saturated heterocycles. The first kappa shape index (κ1) is 34.1. The summed E-state index contributed by atoms with van der Waals surface area (Å²) in [7, 11) is 0. The minimum Gasteiger partial charge on any atom is -0.394 e. The molecule has 1 aromatic heterocycles. The summed E-state index contributed by atoms with van der Waals surface area (Å²) in [6, 6.07) is 16.0. The van der Waals surface area contributed by atoms with Crippen molar-refractivity contribution >= 4 is 34.9 Å². The summed E-state index contributed by atoms with van der Waals surface area (Å²) in [5.41, 5.74) is 0.996. The van der Waals surface area contributed by atoms with Crippen molar-refractivity contribution in [3.63, 3.8) is 0 Å². The number of benzene rings is 3. The smallest absolute Gasteiger partial charge is 0.394 e. The Morgan fingerprint density at radius 2 is 1.58 bits per heavy atom. The van der Waals surface area contributed by atoms with E-state index in [0.29, 0.717) is 0 Å². The zero-order chi connectivity index (χ0) is 34.1. The van der Waals surface area contributed by atoms with Gasteiger partial charge in [0.1, 0.15) is 6.33 Å². The second-order valence-corrected chi connectivity index (χ2v) is 11.1. The molecule has 5 rings (SSSR count). The summed E-state index contributed by atoms with van der Waals surface area (Å²) in [5, 5.41) is 17.0. The van der Waals surface area contributed by atoms with E-state index in [0.717, 1.165) is 50.2 Å². The SMILES string of the molecule is O=C(NCCOCCO)c1cccc(C(=O)Nc2ccc(N3CCCCC3)cc2C(=O)Nc2cn(-c3cccc(C(F)(F)F)c3)cn2)c1. The predicted octanol–water partition coefficient (Wildman–Crippen LogP) is 5.12. The zero-order valence-corrected chi connectivity index (χ0v) is 25.9. The Bertz CT molecular complexity index is 1750. The van der Waals surface area contributed by atoms with Gasteiger partial charge in [-0.05, 0) is 73.9 Å². The Morgan fingerprint density at radius 1 is 0.833 bits per heavy atom. The Hall–Kier alpha value is -5.21. The molecular weight excluding hydrogens is 629 g/mol. The van der Waals surface area contributed by atoms with Crippen LogP contribution in [-0.4, -0.2) is 71.8 Å². The largest absolute Gasteiger partial charge is 0.416 e. The van der Waals surface area contributed by atoms with Crippen LogP contribution in [0.1, 0.15) is 55.9 Å². The number of aromatic nitrogens is 2. The third-order valence-corrected chi connectivity index (χ3v) is 7.67. The lowest BCUT2D eigenvalue weighted by Crippen LogP contribution is -2.30. The molecule has 14 heteroatoms. The van der Waals surface area contributed by atoms with Gasteiger partial charge in [0.25, 0.3) is 17.7 Å². The molecule has 11 nitrogen and oxygen atoms in total. The van der Waals surface area contributed by atoms with Gasteiger partial charge in [-0.3, -0.25) is 14.4 Å². The summed E-state index contributed by atoms with van der Waals surface area (Å²) >= 11 is 0. The summed E-state index contributed by atoms with van der Waals surface area (Å²) in [6.45, 7) is 2.11. The molecule has 0 unspecified atom stereocenters. The highest BCUT2D eigenvalue weighted by atomic mass is 19.4. The molecule has 2 heterocycles. The topological polar surface area (TPSA) is 138 Å². The molecule has 48 heavy (non-hydrogen) atoms. The summed E-state index contributed by atoms with van der Waals surface area (Å²) < 4.78 is 46.2. The van der Waals surface area contributed by atoms with Crippen LogP contribution in [0.15, 0.2) is 79.3 Å². The number of amides is 3. The molecule has 0 aliphatic carbocycles. The van der Waals surface area contributed by atoms with Crippen molar-refractivity contribution in [2.45, 2.75) is 25.4 Å². The number of nitrogens with one attached hydrogen (secondary N) is 3. The van der Waals surface area contributed by atoms with E-state index in [2.05, 4.69) is 25.8 Å². The molecule has 0 atom stereocenters. The van der Waals surface area contributed by atoms with Gasteiger partial charge < -0.3 is 35.3 Å². The molecule has 252 valence electrons. The Morgan fingerprint density at radius 3 is 2.33 bits per heavy atom. The van der Waals surface area contributed by atoms with Crippen LogP contribution in [0.3, 0.4) is 0 Å². The van der Waals surface area contributed by atoms with Gasteiger partial charge in [-0.2, -0.15) is 13.2 Å². The number of aliphatic hydroxyl groups is 1. The van der Waals surface area contributed by atoms with E-state index in [1.807, 2.05) is 6.07 Å². The van der Waals surface area contributed by atoms with E-state index in [1.54, 1.807) is 30.3 Å². The fraction of sp³-hybridized carbons (Fsp3) is 0.294. The van der Waals surface area contributed by atoms with Gasteiger partial charge in [0.05, 0.1) is 42.8 Å². The van der Waals surface area contributed by atoms with Gasteiger partial charge in [0.15, 0.2) is 5.82 Å². The van der Waals surface area contributed by atoms with Crippen molar-refractivity contribution in [2.75, 3.05) is 55.0 Å². The normalized spacial score (nSPS) is 13.2. The first-order valence-electron chi connectivity index (χ1n) is 15.4. The molecule has 3 amide bonds. The zero-order valence-electron chi connectivity index (χ0n) is 25.9. The fourth-order valence-corrected chi connectivity index (χ4v) is 5.23. The second kappa shape index (κ2) is 15.6. The van der Waals surface area contributed by atoms with E-state index in [9.17, 15) is 27.6 Å². The van der Waals surface area contributed by atoms with Crippen molar-refractivity contribution in [1.82, 2.24) is 14.9 Å². The number of hydrogen-bond donors (Lipinski definition) is 4. The highest BCUT2D eigenvalue weighted by molar-refractivity contribution is 6.13. The number of alkyl halides is 3. The average molecular weight is 665 g/mol. The lowest BCUT2D eigenvalue weighted by molar-refractivity contribution is -0.137. The Kier molecular flexibility index (Phi) is 11.1. The number of piperidine rings is 1. The second-order valence-electron chi connectivity index (χ2n) is 11.1. The molecule has 0 bridgehead atoms. The Labute approximate surface area is 274 Å². The van der Waals surface area contributed by atoms with Crippen molar-refractivity contribution in [1.29, 1.82) is 0 Å². The first-order valence-corrected chi connectivity index (χ1v) is 15.4. The fourth-order valence-electron chi connectivity index (χ4n) is 5.23. The molecule has 0 spiro atoms. The Balaban J connectivity index is 1.35. The third kappa shape index (κ3) is 8.77. The van der Waals surface area contributed by atoms with Crippen LogP contribution < -0.4 is 20.9 Å². The van der Waals surface area contributed by atoms with Crippen molar-refractivity contribution in [2.24, 2.45) is 0 Å². The van der Waals surface area contributed by atoms with Gasteiger partial charge in [-0.15, -0.1) is 0 Å². The van der Waals surface area contributed by atoms with Crippen LogP contribution in [0.5, 0.6) is 0 Å². The van der Waals surface area contributed by atoms with Crippen LogP contribution in [-0.2, 0) is 10.9 Å². The molecule has 1 aliphatic rings. The number of ether oxygens (including phenoxy) is 1. The highest BCUT2D eigenvalue weighted by Crippen LogP contribution is 2.31. The number of carbonyl (C=O) groups is 3. The molecule has 4 N–H and O–H groups in total. The number of halogens is 3. The number of nitrogens with zero attached hydrogens (tertiary/aromatic N) is 3. The molecule has 0 saturated carbocycles. The number of carbonyl (C=O) groups excluding carboxylic acids is 3. The lowest BCUT2D eigenvalue weighted by Gasteiger charge is -2.29. The number of hydrogen-bond acceptors (Lipinski definition) is 7. The standard InChI is InChI=1S/C34H35F3N6O5/c35-34(36,37)25-8-5-9-26(19-25)43-21-30(39-22-43)41-33(47)28-20-27(42-13-2-1-3-14-42)10-11-29(28)40-32(46)24-7-4-6-23(18-24)31(45)38-12-16-48-17-15-44/h4-11,18-22,44H,1-3,12-17H2,(H,38,45)(H,40,46)(H,41,47). The summed E-state index contributed by atoms with van der Waals surface area (Å²) in [5.74, 6) is -1.45. The molecule has 0 radical (unpaired) electrons. The van der Waals surface area contributed by atoms with Crippen LogP contribution in [0, 0.1) is 0 Å². The van der Waals surface area contributed by atoms with Gasteiger partial charge in [-0.25, -0.2) is 4.98 Å². The number of rotatable bonds is 12. The molecule has 1 fully saturated rings. The van der Waals surface area contributed by atoms with Gasteiger partial charge >= 0.3 is 6.18 Å². The monoisotopic (exact) mass is 664 g/mol. The van der Waals surface area contributed by atoms with E-state index >= 15 is 0 Å². The van der Waals surface area contributed by atoms with Crippen LogP contribution in [0.25, 0.3) is 5.69 Å². The minimum atomic E-state index is -4.52. The molecule has 3 aromatic carbocycles. The highest BCUT2D eigenvalue weighted by Gasteiger charge is 2.30. The van der Waals surface area contributed by atoms with Crippen molar-refractivity contribution in [3.05, 3.63) is 102 Å². The first-order chi connectivity index (χ1) is 23.1. The van der Waals surface area contributed by atoms with E-state index < -0.39 is 29.5 Å². The maximum atomic E-state index is 13.7. The van der Waals surface area contributed by atoms with Gasteiger partial charge in [0.2, 0.25) is 0 Å². The molecule has 1 aliphatic heterocycles. The van der Waals surface area contributed by atoms with Crippen molar-refractivity contribution < 1.29 is 37.4 Å². The molecular formula is C34H35F3N6O5. The number of aliphatic hydroxyl groups excluding tert-OH is 1. The van der Waals surface area contributed by atoms with E-state index in [1.165, 1.54) is 35.3 Å². The maximum absolute atomic E-state index is 13.7. The average Bonchev–Trinajstić information content (AvgIpc) is 3.56. The predicted molar refractivity (Wildman–Crippen MR) is 174 cm³/mol. The number of anilines is 3. The third-order valence-electron chi connectivity index (χ3n) is 7.67. The van der Waals surface area contributed by atoms with Gasteiger partial charge in [-0.1, -0.05) is 12.1 Å². The van der Waals surface area contributed by atoms with E-state index in [-0.39, 0.29) is 60.2 Å².